The van der Waals surface area contributed by atoms with Gasteiger partial charge in [0.15, 0.2) is 0 Å². The minimum absolute atomic E-state index is 0.0190. The Morgan fingerprint density at radius 2 is 1.61 bits per heavy atom. The number of cyclic esters (lactones) is 1. The Bertz CT molecular complexity index is 986. The van der Waals surface area contributed by atoms with E-state index in [1.807, 2.05) is 31.2 Å². The molecular weight excluding hydrogens is 473 g/mol. The molecular formula is C28H33F3O5. The van der Waals surface area contributed by atoms with Gasteiger partial charge in [-0.25, -0.2) is 4.79 Å². The Morgan fingerprint density at radius 3 is 2.19 bits per heavy atom. The number of rotatable bonds is 12. The molecule has 3 rings (SSSR count). The molecule has 3 atom stereocenters. The van der Waals surface area contributed by atoms with Gasteiger partial charge in [0.25, 0.3) is 0 Å². The summed E-state index contributed by atoms with van der Waals surface area (Å²) in [5.74, 6) is -1.64. The lowest BCUT2D eigenvalue weighted by atomic mass is 9.97. The van der Waals surface area contributed by atoms with Crippen LogP contribution in [0, 0.1) is 5.92 Å². The van der Waals surface area contributed by atoms with E-state index in [-0.39, 0.29) is 12.0 Å². The van der Waals surface area contributed by atoms with Crippen molar-refractivity contribution in [2.24, 2.45) is 5.92 Å². The number of benzene rings is 2. The van der Waals surface area contributed by atoms with Gasteiger partial charge < -0.3 is 14.2 Å². The van der Waals surface area contributed by atoms with E-state index in [0.29, 0.717) is 19.4 Å². The summed E-state index contributed by atoms with van der Waals surface area (Å²) in [5, 5.41) is 0. The summed E-state index contributed by atoms with van der Waals surface area (Å²) in [7, 11) is 0. The highest BCUT2D eigenvalue weighted by Gasteiger charge is 2.53. The number of esters is 2. The largest absolute Gasteiger partial charge is 0.494 e. The second-order valence-electron chi connectivity index (χ2n) is 9.08. The van der Waals surface area contributed by atoms with Crippen LogP contribution in [0.4, 0.5) is 13.2 Å². The van der Waals surface area contributed by atoms with E-state index in [1.165, 1.54) is 25.0 Å². The molecule has 0 unspecified atom stereocenters. The lowest BCUT2D eigenvalue weighted by molar-refractivity contribution is -0.230. The van der Waals surface area contributed by atoms with E-state index in [1.54, 1.807) is 12.1 Å². The van der Waals surface area contributed by atoms with Crippen LogP contribution in [0.5, 0.6) is 5.75 Å². The van der Waals surface area contributed by atoms with Crippen molar-refractivity contribution in [1.29, 1.82) is 0 Å². The van der Waals surface area contributed by atoms with E-state index >= 15 is 0 Å². The zero-order valence-electron chi connectivity index (χ0n) is 20.7. The number of hydrogen-bond donors (Lipinski definition) is 0. The van der Waals surface area contributed by atoms with Gasteiger partial charge >= 0.3 is 18.1 Å². The van der Waals surface area contributed by atoms with Crippen LogP contribution in [-0.4, -0.2) is 36.9 Å². The van der Waals surface area contributed by atoms with Crippen LogP contribution in [-0.2, 0) is 14.3 Å². The summed E-state index contributed by atoms with van der Waals surface area (Å²) >= 11 is 0. The average Bonchev–Trinajstić information content (AvgIpc) is 3.22. The molecule has 1 aliphatic rings. The number of ether oxygens (including phenoxy) is 3. The molecule has 196 valence electrons. The number of hydrogen-bond acceptors (Lipinski definition) is 5. The van der Waals surface area contributed by atoms with Crippen LogP contribution >= 0.6 is 0 Å². The summed E-state index contributed by atoms with van der Waals surface area (Å²) in [6.07, 6.45) is -3.45. The Hall–Kier alpha value is -3.03. The highest BCUT2D eigenvalue weighted by atomic mass is 19.4. The van der Waals surface area contributed by atoms with Crippen molar-refractivity contribution < 1.29 is 37.0 Å². The lowest BCUT2D eigenvalue weighted by Gasteiger charge is -2.25. The normalized spacial score (nSPS) is 18.5. The zero-order chi connectivity index (χ0) is 26.1. The van der Waals surface area contributed by atoms with Crippen LogP contribution < -0.4 is 4.74 Å². The first-order valence-corrected chi connectivity index (χ1v) is 12.5. The Labute approximate surface area is 209 Å². The highest BCUT2D eigenvalue weighted by molar-refractivity contribution is 5.90. The quantitative estimate of drug-likeness (QED) is 0.226. The predicted octanol–water partition coefficient (Wildman–Crippen LogP) is 7.13. The summed E-state index contributed by atoms with van der Waals surface area (Å²) in [6.45, 7) is 4.66. The molecule has 5 nitrogen and oxygen atoms in total. The molecule has 0 saturated carbocycles. The molecule has 2 aromatic rings. The summed E-state index contributed by atoms with van der Waals surface area (Å²) in [6, 6.07) is 13.6. The van der Waals surface area contributed by atoms with Crippen molar-refractivity contribution in [3.8, 4) is 16.9 Å². The maximum atomic E-state index is 13.7. The maximum Gasteiger partial charge on any atom is 0.429 e. The molecule has 0 amide bonds. The zero-order valence-corrected chi connectivity index (χ0v) is 20.7. The van der Waals surface area contributed by atoms with Gasteiger partial charge in [-0.1, -0.05) is 63.8 Å². The van der Waals surface area contributed by atoms with Gasteiger partial charge in [-0.2, -0.15) is 13.2 Å². The van der Waals surface area contributed by atoms with E-state index < -0.39 is 36.2 Å². The van der Waals surface area contributed by atoms with Crippen molar-refractivity contribution in [3.05, 3.63) is 54.1 Å². The third kappa shape index (κ3) is 7.48. The topological polar surface area (TPSA) is 61.8 Å². The highest BCUT2D eigenvalue weighted by Crippen LogP contribution is 2.36. The van der Waals surface area contributed by atoms with Crippen LogP contribution in [0.3, 0.4) is 0 Å². The number of carbonyl (C=O) groups is 2. The fraction of sp³-hybridized carbons (Fsp3) is 0.500. The fourth-order valence-electron chi connectivity index (χ4n) is 4.24. The van der Waals surface area contributed by atoms with Gasteiger partial charge in [-0.05, 0) is 48.2 Å². The fourth-order valence-corrected chi connectivity index (χ4v) is 4.24. The molecule has 2 aromatic carbocycles. The van der Waals surface area contributed by atoms with Crippen LogP contribution in [0.2, 0.25) is 0 Å². The molecule has 1 heterocycles. The monoisotopic (exact) mass is 506 g/mol. The minimum atomic E-state index is -4.86. The Balaban J connectivity index is 1.61. The average molecular weight is 507 g/mol. The third-order valence-electron chi connectivity index (χ3n) is 6.22. The standard InChI is InChI=1S/C28H33F3O5/c1-3-5-6-7-17-34-23-15-13-20(14-16-23)19-9-11-21(12-10-19)26(32)36-25(28(29,30)31)24-18-22(8-4-2)27(33)35-24/h9-16,22,24-25H,3-8,17-18H2,1-2H3/t22-,24+,25+/m1/s1. The molecule has 0 spiro atoms. The van der Waals surface area contributed by atoms with E-state index in [2.05, 4.69) is 6.92 Å². The number of halogens is 3. The Morgan fingerprint density at radius 1 is 0.972 bits per heavy atom. The molecule has 0 aliphatic carbocycles. The molecule has 0 bridgehead atoms. The smallest absolute Gasteiger partial charge is 0.429 e. The van der Waals surface area contributed by atoms with Gasteiger partial charge in [0.05, 0.1) is 18.1 Å². The van der Waals surface area contributed by atoms with Crippen molar-refractivity contribution in [1.82, 2.24) is 0 Å². The number of unbranched alkanes of at least 4 members (excludes halogenated alkanes) is 3. The minimum Gasteiger partial charge on any atom is -0.494 e. The van der Waals surface area contributed by atoms with Gasteiger partial charge in [-0.3, -0.25) is 4.79 Å². The van der Waals surface area contributed by atoms with Crippen molar-refractivity contribution >= 4 is 11.9 Å². The van der Waals surface area contributed by atoms with Crippen LogP contribution in [0.1, 0.15) is 69.2 Å². The summed E-state index contributed by atoms with van der Waals surface area (Å²) < 4.78 is 56.5. The molecule has 1 aliphatic heterocycles. The van der Waals surface area contributed by atoms with Crippen LogP contribution in [0.25, 0.3) is 11.1 Å². The third-order valence-corrected chi connectivity index (χ3v) is 6.22. The van der Waals surface area contributed by atoms with Gasteiger partial charge in [0.1, 0.15) is 11.9 Å². The first-order valence-electron chi connectivity index (χ1n) is 12.5. The molecule has 36 heavy (non-hydrogen) atoms. The number of alkyl halides is 3. The predicted molar refractivity (Wildman–Crippen MR) is 130 cm³/mol. The molecule has 1 fully saturated rings. The van der Waals surface area contributed by atoms with Gasteiger partial charge in [-0.15, -0.1) is 0 Å². The van der Waals surface area contributed by atoms with Crippen molar-refractivity contribution in [2.45, 2.75) is 77.2 Å². The SMILES string of the molecule is CCCCCCOc1ccc(-c2ccc(C(=O)O[C@@H]([C@@H]3C[C@@H](CCC)C(=O)O3)C(F)(F)F)cc2)cc1. The lowest BCUT2D eigenvalue weighted by Crippen LogP contribution is -2.43. The van der Waals surface area contributed by atoms with E-state index in [4.69, 9.17) is 14.2 Å². The molecule has 0 radical (unpaired) electrons. The molecule has 8 heteroatoms. The van der Waals surface area contributed by atoms with Crippen LogP contribution in [0.15, 0.2) is 48.5 Å². The summed E-state index contributed by atoms with van der Waals surface area (Å²) in [5.41, 5.74) is 1.65. The maximum absolute atomic E-state index is 13.7. The Kier molecular flexibility index (Phi) is 9.79. The second-order valence-corrected chi connectivity index (χ2v) is 9.08. The molecule has 0 N–H and O–H groups in total. The second kappa shape index (κ2) is 12.8. The number of carbonyl (C=O) groups excluding carboxylic acids is 2. The van der Waals surface area contributed by atoms with Gasteiger partial charge in [0, 0.05) is 6.42 Å². The summed E-state index contributed by atoms with van der Waals surface area (Å²) in [4.78, 5) is 24.4. The van der Waals surface area contributed by atoms with E-state index in [9.17, 15) is 22.8 Å². The van der Waals surface area contributed by atoms with Crippen molar-refractivity contribution in [3.63, 3.8) is 0 Å². The molecule has 1 saturated heterocycles. The van der Waals surface area contributed by atoms with E-state index in [0.717, 1.165) is 29.7 Å². The van der Waals surface area contributed by atoms with Gasteiger partial charge in [0.2, 0.25) is 6.10 Å². The first kappa shape index (κ1) is 27.6. The molecule has 0 aromatic heterocycles. The first-order chi connectivity index (χ1) is 17.2. The van der Waals surface area contributed by atoms with Crippen molar-refractivity contribution in [2.75, 3.05) is 6.61 Å².